The molecule has 3 aromatic rings. The van der Waals surface area contributed by atoms with Gasteiger partial charge in [-0.1, -0.05) is 29.8 Å². The van der Waals surface area contributed by atoms with Gasteiger partial charge in [-0.15, -0.1) is 0 Å². The van der Waals surface area contributed by atoms with Crippen LogP contribution in [0.1, 0.15) is 34.5 Å². The predicted molar refractivity (Wildman–Crippen MR) is 96.0 cm³/mol. The first-order valence-electron chi connectivity index (χ1n) is 8.19. The summed E-state index contributed by atoms with van der Waals surface area (Å²) in [7, 11) is 0. The summed E-state index contributed by atoms with van der Waals surface area (Å²) in [6, 6.07) is 15.3. The van der Waals surface area contributed by atoms with Gasteiger partial charge in [0.15, 0.2) is 0 Å². The predicted octanol–water partition coefficient (Wildman–Crippen LogP) is 3.67. The number of likely N-dealkylation sites (N-methyl/N-ethyl adjacent to an activating group) is 1. The number of nitrogens with zero attached hydrogens (tertiary/aromatic N) is 1. The molecule has 4 nitrogen and oxygen atoms in total. The number of hydrogen-bond donors (Lipinski definition) is 2. The first-order valence-corrected chi connectivity index (χ1v) is 8.19. The van der Waals surface area contributed by atoms with E-state index in [4.69, 9.17) is 0 Å². The normalized spacial score (nSPS) is 12.3. The van der Waals surface area contributed by atoms with Crippen molar-refractivity contribution in [2.24, 2.45) is 0 Å². The van der Waals surface area contributed by atoms with Crippen LogP contribution in [0, 0.1) is 6.92 Å². The monoisotopic (exact) mass is 322 g/mol. The van der Waals surface area contributed by atoms with Gasteiger partial charge in [-0.05, 0) is 43.7 Å². The zero-order valence-corrected chi connectivity index (χ0v) is 14.0. The highest BCUT2D eigenvalue weighted by atomic mass is 16.3. The van der Waals surface area contributed by atoms with E-state index in [9.17, 15) is 9.90 Å². The molecule has 0 radical (unpaired) electrons. The second-order valence-electron chi connectivity index (χ2n) is 6.05. The number of nitrogens with one attached hydrogen (secondary N) is 1. The van der Waals surface area contributed by atoms with Crippen LogP contribution in [0.15, 0.2) is 54.7 Å². The third kappa shape index (κ3) is 3.34. The Hall–Kier alpha value is -2.59. The van der Waals surface area contributed by atoms with E-state index in [-0.39, 0.29) is 12.5 Å². The van der Waals surface area contributed by atoms with Gasteiger partial charge in [-0.2, -0.15) is 0 Å². The van der Waals surface area contributed by atoms with Gasteiger partial charge in [0.2, 0.25) is 0 Å². The molecule has 0 saturated carbocycles. The zero-order chi connectivity index (χ0) is 17.1. The standard InChI is InChI=1S/C20H22N2O2/c1-3-22(13-19(23)15-6-4-14(2)5-7-15)20(24)17-8-9-18-16(12-17)10-11-21-18/h4-12,19,21,23H,3,13H2,1-2H3. The van der Waals surface area contributed by atoms with Crippen molar-refractivity contribution in [3.05, 3.63) is 71.4 Å². The summed E-state index contributed by atoms with van der Waals surface area (Å²) < 4.78 is 0. The molecule has 0 bridgehead atoms. The maximum absolute atomic E-state index is 12.8. The highest BCUT2D eigenvalue weighted by Gasteiger charge is 2.19. The first-order chi connectivity index (χ1) is 11.6. The van der Waals surface area contributed by atoms with Gasteiger partial charge >= 0.3 is 0 Å². The van der Waals surface area contributed by atoms with Crippen LogP contribution in [0.25, 0.3) is 10.9 Å². The Labute approximate surface area is 141 Å². The summed E-state index contributed by atoms with van der Waals surface area (Å²) in [6.07, 6.45) is 1.17. The van der Waals surface area contributed by atoms with Crippen LogP contribution in [0.2, 0.25) is 0 Å². The third-order valence-corrected chi connectivity index (χ3v) is 4.32. The molecule has 2 N–H and O–H groups in total. The van der Waals surface area contributed by atoms with Crippen molar-refractivity contribution in [3.8, 4) is 0 Å². The Morgan fingerprint density at radius 1 is 1.17 bits per heavy atom. The smallest absolute Gasteiger partial charge is 0.253 e. The number of amides is 1. The summed E-state index contributed by atoms with van der Waals surface area (Å²) in [6.45, 7) is 4.76. The summed E-state index contributed by atoms with van der Waals surface area (Å²) in [4.78, 5) is 17.6. The lowest BCUT2D eigenvalue weighted by atomic mass is 10.1. The molecule has 1 unspecified atom stereocenters. The first kappa shape index (κ1) is 16.3. The summed E-state index contributed by atoms with van der Waals surface area (Å²) in [5, 5.41) is 11.5. The molecule has 4 heteroatoms. The van der Waals surface area contributed by atoms with Crippen LogP contribution in [-0.2, 0) is 0 Å². The van der Waals surface area contributed by atoms with Crippen LogP contribution < -0.4 is 0 Å². The average Bonchev–Trinajstić information content (AvgIpc) is 3.07. The Kier molecular flexibility index (Phi) is 4.67. The largest absolute Gasteiger partial charge is 0.387 e. The fourth-order valence-electron chi connectivity index (χ4n) is 2.83. The van der Waals surface area contributed by atoms with E-state index in [1.807, 2.05) is 68.6 Å². The molecular weight excluding hydrogens is 300 g/mol. The van der Waals surface area contributed by atoms with Gasteiger partial charge < -0.3 is 15.0 Å². The van der Waals surface area contributed by atoms with Crippen LogP contribution in [0.5, 0.6) is 0 Å². The molecule has 1 amide bonds. The lowest BCUT2D eigenvalue weighted by molar-refractivity contribution is 0.0635. The van der Waals surface area contributed by atoms with E-state index in [2.05, 4.69) is 4.98 Å². The number of hydrogen-bond acceptors (Lipinski definition) is 2. The Bertz CT molecular complexity index is 836. The maximum Gasteiger partial charge on any atom is 0.253 e. The average molecular weight is 322 g/mol. The van der Waals surface area contributed by atoms with E-state index in [1.165, 1.54) is 0 Å². The molecule has 24 heavy (non-hydrogen) atoms. The van der Waals surface area contributed by atoms with Crippen LogP contribution in [-0.4, -0.2) is 34.0 Å². The van der Waals surface area contributed by atoms with Crippen molar-refractivity contribution in [1.82, 2.24) is 9.88 Å². The quantitative estimate of drug-likeness (QED) is 0.753. The minimum atomic E-state index is -0.689. The number of rotatable bonds is 5. The summed E-state index contributed by atoms with van der Waals surface area (Å²) >= 11 is 0. The summed E-state index contributed by atoms with van der Waals surface area (Å²) in [5.74, 6) is -0.0632. The third-order valence-electron chi connectivity index (χ3n) is 4.32. The SMILES string of the molecule is CCN(CC(O)c1ccc(C)cc1)C(=O)c1ccc2[nH]ccc2c1. The van der Waals surface area contributed by atoms with Gasteiger partial charge in [-0.3, -0.25) is 4.79 Å². The van der Waals surface area contributed by atoms with E-state index in [1.54, 1.807) is 4.90 Å². The van der Waals surface area contributed by atoms with E-state index < -0.39 is 6.10 Å². The van der Waals surface area contributed by atoms with Crippen LogP contribution in [0.3, 0.4) is 0 Å². The number of aromatic amines is 1. The lowest BCUT2D eigenvalue weighted by Crippen LogP contribution is -2.34. The van der Waals surface area contributed by atoms with Gasteiger partial charge in [-0.25, -0.2) is 0 Å². The minimum absolute atomic E-state index is 0.0632. The van der Waals surface area contributed by atoms with Crippen LogP contribution in [0.4, 0.5) is 0 Å². The number of carbonyl (C=O) groups excluding carboxylic acids is 1. The van der Waals surface area contributed by atoms with Crippen molar-refractivity contribution in [2.45, 2.75) is 20.0 Å². The number of benzene rings is 2. The highest BCUT2D eigenvalue weighted by Crippen LogP contribution is 2.19. The van der Waals surface area contributed by atoms with Gasteiger partial charge in [0.25, 0.3) is 5.91 Å². The minimum Gasteiger partial charge on any atom is -0.387 e. The molecule has 0 fully saturated rings. The fraction of sp³-hybridized carbons (Fsp3) is 0.250. The molecule has 1 heterocycles. The Balaban J connectivity index is 1.77. The molecule has 1 aromatic heterocycles. The highest BCUT2D eigenvalue weighted by molar-refractivity contribution is 5.98. The number of aliphatic hydroxyl groups is 1. The van der Waals surface area contributed by atoms with Crippen LogP contribution >= 0.6 is 0 Å². The summed E-state index contributed by atoms with van der Waals surface area (Å²) in [5.41, 5.74) is 3.62. The van der Waals surface area contributed by atoms with Gasteiger partial charge in [0.05, 0.1) is 12.6 Å². The number of fused-ring (bicyclic) bond motifs is 1. The van der Waals surface area contributed by atoms with Gasteiger partial charge in [0.1, 0.15) is 0 Å². The fourth-order valence-corrected chi connectivity index (χ4v) is 2.83. The molecule has 0 aliphatic rings. The molecule has 3 rings (SSSR count). The zero-order valence-electron chi connectivity index (χ0n) is 14.0. The molecule has 0 spiro atoms. The Morgan fingerprint density at radius 2 is 1.92 bits per heavy atom. The van der Waals surface area contributed by atoms with E-state index >= 15 is 0 Å². The maximum atomic E-state index is 12.8. The van der Waals surface area contributed by atoms with Gasteiger partial charge in [0, 0.05) is 29.2 Å². The molecule has 2 aromatic carbocycles. The number of aryl methyl sites for hydroxylation is 1. The topological polar surface area (TPSA) is 56.3 Å². The molecule has 124 valence electrons. The van der Waals surface area contributed by atoms with Crippen molar-refractivity contribution >= 4 is 16.8 Å². The Morgan fingerprint density at radius 3 is 2.62 bits per heavy atom. The second-order valence-corrected chi connectivity index (χ2v) is 6.05. The van der Waals surface area contributed by atoms with E-state index in [0.717, 1.165) is 22.0 Å². The number of H-pyrrole nitrogens is 1. The van der Waals surface area contributed by atoms with Crippen molar-refractivity contribution < 1.29 is 9.90 Å². The second kappa shape index (κ2) is 6.89. The lowest BCUT2D eigenvalue weighted by Gasteiger charge is -2.24. The molecular formula is C20H22N2O2. The molecule has 0 aliphatic heterocycles. The molecule has 0 aliphatic carbocycles. The van der Waals surface area contributed by atoms with Crippen molar-refractivity contribution in [2.75, 3.05) is 13.1 Å². The van der Waals surface area contributed by atoms with Crippen molar-refractivity contribution in [3.63, 3.8) is 0 Å². The molecule has 1 atom stereocenters. The van der Waals surface area contributed by atoms with Crippen molar-refractivity contribution in [1.29, 1.82) is 0 Å². The van der Waals surface area contributed by atoms with E-state index in [0.29, 0.717) is 12.1 Å². The number of carbonyl (C=O) groups is 1. The number of aliphatic hydroxyl groups excluding tert-OH is 1. The molecule has 0 saturated heterocycles. The number of aromatic nitrogens is 1.